The summed E-state index contributed by atoms with van der Waals surface area (Å²) in [5.74, 6) is -1.29. The van der Waals surface area contributed by atoms with Crippen molar-refractivity contribution < 1.29 is 14.3 Å². The minimum Gasteiger partial charge on any atom is -0.501 e. The lowest BCUT2D eigenvalue weighted by atomic mass is 9.89. The molecule has 0 bridgehead atoms. The normalized spacial score (nSPS) is 11.4. The molecule has 4 nitrogen and oxygen atoms in total. The van der Waals surface area contributed by atoms with Crippen LogP contribution in [0.25, 0.3) is 0 Å². The van der Waals surface area contributed by atoms with Gasteiger partial charge in [-0.1, -0.05) is 20.8 Å². The van der Waals surface area contributed by atoms with Gasteiger partial charge in [-0.3, -0.25) is 9.59 Å². The van der Waals surface area contributed by atoms with E-state index in [1.54, 1.807) is 20.8 Å². The Morgan fingerprint density at radius 3 is 2.50 bits per heavy atom. The molecule has 0 aliphatic rings. The van der Waals surface area contributed by atoms with Crippen molar-refractivity contribution in [2.45, 2.75) is 20.8 Å². The predicted octanol–water partition coefficient (Wildman–Crippen LogP) is 1.57. The lowest BCUT2D eigenvalue weighted by molar-refractivity contribution is 0.0820. The van der Waals surface area contributed by atoms with Crippen LogP contribution in [0.5, 0.6) is 5.75 Å². The Labute approximate surface area is 81.2 Å². The van der Waals surface area contributed by atoms with Crippen LogP contribution in [0.15, 0.2) is 21.5 Å². The van der Waals surface area contributed by atoms with Crippen molar-refractivity contribution in [2.75, 3.05) is 0 Å². The van der Waals surface area contributed by atoms with Crippen molar-refractivity contribution in [2.24, 2.45) is 5.41 Å². The van der Waals surface area contributed by atoms with Crippen LogP contribution in [0.2, 0.25) is 0 Å². The average Bonchev–Trinajstić information content (AvgIpc) is 2.07. The Kier molecular flexibility index (Phi) is 2.47. The largest absolute Gasteiger partial charge is 0.501 e. The van der Waals surface area contributed by atoms with Gasteiger partial charge in [0.05, 0.1) is 6.26 Å². The van der Waals surface area contributed by atoms with Crippen LogP contribution in [0.4, 0.5) is 0 Å². The fraction of sp³-hybridized carbons (Fsp3) is 0.400. The first-order valence-corrected chi connectivity index (χ1v) is 4.19. The molecule has 76 valence electrons. The lowest BCUT2D eigenvalue weighted by Gasteiger charge is -2.15. The summed E-state index contributed by atoms with van der Waals surface area (Å²) in [4.78, 5) is 22.7. The summed E-state index contributed by atoms with van der Waals surface area (Å²) in [6.45, 7) is 5.05. The van der Waals surface area contributed by atoms with Crippen LogP contribution in [-0.2, 0) is 0 Å². The summed E-state index contributed by atoms with van der Waals surface area (Å²) in [5, 5.41) is 9.30. The number of carbonyl (C=O) groups is 1. The molecule has 1 N–H and O–H groups in total. The standard InChI is InChI=1S/C10H12O4/c1-10(2,3)9(13)8-7(12)6(11)4-5-14-8/h4-5,12H,1-3H3. The summed E-state index contributed by atoms with van der Waals surface area (Å²) in [6, 6.07) is 1.06. The zero-order chi connectivity index (χ0) is 10.9. The maximum Gasteiger partial charge on any atom is 0.227 e. The van der Waals surface area contributed by atoms with E-state index in [4.69, 9.17) is 4.42 Å². The predicted molar refractivity (Wildman–Crippen MR) is 50.4 cm³/mol. The van der Waals surface area contributed by atoms with E-state index < -0.39 is 22.4 Å². The first kappa shape index (κ1) is 10.5. The molecule has 0 saturated heterocycles. The molecule has 1 rings (SSSR count). The number of ketones is 1. The Morgan fingerprint density at radius 2 is 2.00 bits per heavy atom. The van der Waals surface area contributed by atoms with Gasteiger partial charge in [-0.25, -0.2) is 0 Å². The molecule has 0 aliphatic carbocycles. The highest BCUT2D eigenvalue weighted by Crippen LogP contribution is 2.24. The second-order valence-electron chi connectivity index (χ2n) is 4.04. The molecule has 0 aromatic carbocycles. The average molecular weight is 196 g/mol. The van der Waals surface area contributed by atoms with Gasteiger partial charge in [-0.05, 0) is 0 Å². The lowest BCUT2D eigenvalue weighted by Crippen LogP contribution is -2.21. The van der Waals surface area contributed by atoms with Gasteiger partial charge in [0.25, 0.3) is 0 Å². The van der Waals surface area contributed by atoms with Crippen molar-refractivity contribution in [1.29, 1.82) is 0 Å². The zero-order valence-electron chi connectivity index (χ0n) is 8.33. The quantitative estimate of drug-likeness (QED) is 0.692. The van der Waals surface area contributed by atoms with E-state index in [1.807, 2.05) is 0 Å². The molecule has 0 spiro atoms. The van der Waals surface area contributed by atoms with E-state index in [2.05, 4.69) is 0 Å². The van der Waals surface area contributed by atoms with Gasteiger partial charge in [-0.2, -0.15) is 0 Å². The third-order valence-electron chi connectivity index (χ3n) is 1.74. The molecular formula is C10H12O4. The van der Waals surface area contributed by atoms with Gasteiger partial charge >= 0.3 is 0 Å². The van der Waals surface area contributed by atoms with Crippen molar-refractivity contribution >= 4 is 5.78 Å². The van der Waals surface area contributed by atoms with Gasteiger partial charge in [-0.15, -0.1) is 0 Å². The number of hydrogen-bond donors (Lipinski definition) is 1. The third kappa shape index (κ3) is 1.84. The molecule has 4 heteroatoms. The first-order valence-electron chi connectivity index (χ1n) is 4.19. The second kappa shape index (κ2) is 3.29. The van der Waals surface area contributed by atoms with Crippen molar-refractivity contribution in [3.05, 3.63) is 28.3 Å². The minimum absolute atomic E-state index is 0.273. The van der Waals surface area contributed by atoms with E-state index in [0.29, 0.717) is 0 Å². The SMILES string of the molecule is CC(C)(C)C(=O)c1occc(=O)c1O. The molecule has 0 atom stereocenters. The monoisotopic (exact) mass is 196 g/mol. The molecule has 0 aliphatic heterocycles. The molecule has 1 aromatic rings. The summed E-state index contributed by atoms with van der Waals surface area (Å²) in [6.07, 6.45) is 1.10. The van der Waals surface area contributed by atoms with Crippen LogP contribution in [-0.4, -0.2) is 10.9 Å². The van der Waals surface area contributed by atoms with Gasteiger partial charge in [0.2, 0.25) is 22.7 Å². The Bertz CT molecular complexity index is 409. The van der Waals surface area contributed by atoms with Gasteiger partial charge in [0, 0.05) is 11.5 Å². The van der Waals surface area contributed by atoms with Crippen LogP contribution >= 0.6 is 0 Å². The molecule has 14 heavy (non-hydrogen) atoms. The minimum atomic E-state index is -0.686. The molecular weight excluding hydrogens is 184 g/mol. The fourth-order valence-corrected chi connectivity index (χ4v) is 0.912. The number of rotatable bonds is 1. The maximum atomic E-state index is 11.6. The summed E-state index contributed by atoms with van der Waals surface area (Å²) in [5.41, 5.74) is -1.29. The third-order valence-corrected chi connectivity index (χ3v) is 1.74. The number of carbonyl (C=O) groups excluding carboxylic acids is 1. The van der Waals surface area contributed by atoms with Gasteiger partial charge in [0.15, 0.2) is 0 Å². The second-order valence-corrected chi connectivity index (χ2v) is 4.04. The summed E-state index contributed by atoms with van der Waals surface area (Å²) in [7, 11) is 0. The Hall–Kier alpha value is -1.58. The summed E-state index contributed by atoms with van der Waals surface area (Å²) >= 11 is 0. The van der Waals surface area contributed by atoms with Crippen molar-refractivity contribution in [3.63, 3.8) is 0 Å². The van der Waals surface area contributed by atoms with E-state index in [-0.39, 0.29) is 5.76 Å². The van der Waals surface area contributed by atoms with Crippen LogP contribution < -0.4 is 5.43 Å². The molecule has 0 amide bonds. The van der Waals surface area contributed by atoms with Crippen LogP contribution in [0.3, 0.4) is 0 Å². The van der Waals surface area contributed by atoms with E-state index in [1.165, 1.54) is 0 Å². The first-order chi connectivity index (χ1) is 6.34. The highest BCUT2D eigenvalue weighted by atomic mass is 16.4. The number of hydrogen-bond acceptors (Lipinski definition) is 4. The van der Waals surface area contributed by atoms with Crippen molar-refractivity contribution in [3.8, 4) is 5.75 Å². The van der Waals surface area contributed by atoms with E-state index in [0.717, 1.165) is 12.3 Å². The van der Waals surface area contributed by atoms with E-state index >= 15 is 0 Å². The fourth-order valence-electron chi connectivity index (χ4n) is 0.912. The van der Waals surface area contributed by atoms with Crippen LogP contribution in [0.1, 0.15) is 31.3 Å². The Balaban J connectivity index is 3.28. The smallest absolute Gasteiger partial charge is 0.227 e. The topological polar surface area (TPSA) is 67.5 Å². The molecule has 0 saturated carbocycles. The molecule has 0 fully saturated rings. The summed E-state index contributed by atoms with van der Waals surface area (Å²) < 4.78 is 4.83. The molecule has 1 aromatic heterocycles. The van der Waals surface area contributed by atoms with Gasteiger partial charge in [0.1, 0.15) is 0 Å². The molecule has 0 unspecified atom stereocenters. The van der Waals surface area contributed by atoms with Gasteiger partial charge < -0.3 is 9.52 Å². The molecule has 1 heterocycles. The zero-order valence-corrected chi connectivity index (χ0v) is 8.33. The van der Waals surface area contributed by atoms with Crippen LogP contribution in [0, 0.1) is 5.41 Å². The highest BCUT2D eigenvalue weighted by molar-refractivity contribution is 5.99. The van der Waals surface area contributed by atoms with Crippen molar-refractivity contribution in [1.82, 2.24) is 0 Å². The van der Waals surface area contributed by atoms with E-state index in [9.17, 15) is 14.7 Å². The number of Topliss-reactive ketones (excluding diaryl/α,β-unsaturated/α-hetero) is 1. The maximum absolute atomic E-state index is 11.6. The number of aromatic hydroxyl groups is 1. The molecule has 0 radical (unpaired) electrons. The highest BCUT2D eigenvalue weighted by Gasteiger charge is 2.28. The Morgan fingerprint density at radius 1 is 1.43 bits per heavy atom.